The van der Waals surface area contributed by atoms with Gasteiger partial charge in [-0.15, -0.1) is 0 Å². The highest BCUT2D eigenvalue weighted by Crippen LogP contribution is 2.40. The number of hydrogen-bond acceptors (Lipinski definition) is 2. The van der Waals surface area contributed by atoms with Crippen LogP contribution in [0.5, 0.6) is 0 Å². The number of rotatable bonds is 2. The lowest BCUT2D eigenvalue weighted by atomic mass is 9.85. The predicted octanol–water partition coefficient (Wildman–Crippen LogP) is 2.08. The molecule has 0 aromatic carbocycles. The Bertz CT molecular complexity index is 395. The van der Waals surface area contributed by atoms with Crippen molar-refractivity contribution in [3.8, 4) is 0 Å². The summed E-state index contributed by atoms with van der Waals surface area (Å²) in [6, 6.07) is -0.330. The lowest BCUT2D eigenvalue weighted by Crippen LogP contribution is -2.73. The van der Waals surface area contributed by atoms with Crippen molar-refractivity contribution in [1.29, 1.82) is 0 Å². The van der Waals surface area contributed by atoms with Gasteiger partial charge < -0.3 is 10.2 Å². The first kappa shape index (κ1) is 14.4. The second-order valence-corrected chi connectivity index (χ2v) is 7.18. The molecule has 2 rings (SSSR count). The minimum atomic E-state index is -0.784. The fraction of sp³-hybridized carbons (Fsp3) is 0.867. The average Bonchev–Trinajstić information content (AvgIpc) is 2.69. The third-order valence-corrected chi connectivity index (χ3v) is 4.63. The van der Waals surface area contributed by atoms with E-state index >= 15 is 0 Å². The van der Waals surface area contributed by atoms with Gasteiger partial charge in [0, 0.05) is 5.54 Å². The molecule has 1 aliphatic heterocycles. The zero-order chi connectivity index (χ0) is 14.4. The Balaban J connectivity index is 2.43. The fourth-order valence-electron chi connectivity index (χ4n) is 3.54. The quantitative estimate of drug-likeness (QED) is 0.832. The van der Waals surface area contributed by atoms with Gasteiger partial charge in [0.15, 0.2) is 0 Å². The molecule has 4 nitrogen and oxygen atoms in total. The van der Waals surface area contributed by atoms with Crippen molar-refractivity contribution in [3.63, 3.8) is 0 Å². The van der Waals surface area contributed by atoms with E-state index in [1.54, 1.807) is 13.8 Å². The van der Waals surface area contributed by atoms with Crippen molar-refractivity contribution >= 4 is 11.8 Å². The van der Waals surface area contributed by atoms with Gasteiger partial charge in [-0.2, -0.15) is 0 Å². The van der Waals surface area contributed by atoms with Crippen molar-refractivity contribution < 1.29 is 9.59 Å². The summed E-state index contributed by atoms with van der Waals surface area (Å²) in [5.41, 5.74) is -0.935. The second kappa shape index (κ2) is 4.50. The first-order chi connectivity index (χ1) is 8.69. The standard InChI is InChI=1S/C15H26N2O2/c1-10(2)11-12(18)16-14(3,4)13(19)17(11)15(5)8-6-7-9-15/h10-11H,6-9H2,1-5H3,(H,16,18). The van der Waals surface area contributed by atoms with Crippen LogP contribution in [0.3, 0.4) is 0 Å². The second-order valence-electron chi connectivity index (χ2n) is 7.18. The van der Waals surface area contributed by atoms with Gasteiger partial charge >= 0.3 is 0 Å². The molecule has 1 aliphatic carbocycles. The van der Waals surface area contributed by atoms with E-state index < -0.39 is 5.54 Å². The van der Waals surface area contributed by atoms with E-state index in [-0.39, 0.29) is 29.3 Å². The van der Waals surface area contributed by atoms with Crippen LogP contribution in [0.1, 0.15) is 60.3 Å². The summed E-state index contributed by atoms with van der Waals surface area (Å²) in [4.78, 5) is 27.1. The molecule has 0 bridgehead atoms. The summed E-state index contributed by atoms with van der Waals surface area (Å²) >= 11 is 0. The van der Waals surface area contributed by atoms with E-state index in [4.69, 9.17) is 0 Å². The monoisotopic (exact) mass is 266 g/mol. The number of nitrogens with zero attached hydrogens (tertiary/aromatic N) is 1. The van der Waals surface area contributed by atoms with Crippen molar-refractivity contribution in [2.24, 2.45) is 5.92 Å². The van der Waals surface area contributed by atoms with Crippen LogP contribution < -0.4 is 5.32 Å². The van der Waals surface area contributed by atoms with Crippen LogP contribution in [-0.4, -0.2) is 33.8 Å². The molecule has 1 N–H and O–H groups in total. The Morgan fingerprint density at radius 1 is 1.16 bits per heavy atom. The Morgan fingerprint density at radius 2 is 1.68 bits per heavy atom. The molecule has 1 atom stereocenters. The van der Waals surface area contributed by atoms with Gasteiger partial charge in [-0.05, 0) is 39.5 Å². The minimum absolute atomic E-state index is 0.00674. The molecule has 2 amide bonds. The smallest absolute Gasteiger partial charge is 0.248 e. The Labute approximate surface area is 115 Å². The van der Waals surface area contributed by atoms with Crippen LogP contribution in [0.15, 0.2) is 0 Å². The molecule has 19 heavy (non-hydrogen) atoms. The van der Waals surface area contributed by atoms with Gasteiger partial charge in [0.2, 0.25) is 11.8 Å². The average molecular weight is 266 g/mol. The number of nitrogens with one attached hydrogen (secondary N) is 1. The maximum atomic E-state index is 12.8. The van der Waals surface area contributed by atoms with E-state index in [1.165, 1.54) is 0 Å². The maximum absolute atomic E-state index is 12.8. The molecule has 0 aromatic heterocycles. The van der Waals surface area contributed by atoms with Gasteiger partial charge in [-0.25, -0.2) is 0 Å². The van der Waals surface area contributed by atoms with Crippen LogP contribution in [-0.2, 0) is 9.59 Å². The normalized spacial score (nSPS) is 29.8. The molecule has 108 valence electrons. The molecule has 0 aromatic rings. The van der Waals surface area contributed by atoms with Crippen molar-refractivity contribution in [2.75, 3.05) is 0 Å². The van der Waals surface area contributed by atoms with Crippen LogP contribution >= 0.6 is 0 Å². The number of carbonyl (C=O) groups excluding carboxylic acids is 2. The number of carbonyl (C=O) groups is 2. The SMILES string of the molecule is CC(C)C1C(=O)NC(C)(C)C(=O)N1C1(C)CCCC1. The summed E-state index contributed by atoms with van der Waals surface area (Å²) in [6.07, 6.45) is 4.30. The summed E-state index contributed by atoms with van der Waals surface area (Å²) in [5.74, 6) is 0.195. The van der Waals surface area contributed by atoms with Crippen LogP contribution in [0, 0.1) is 5.92 Å². The third-order valence-electron chi connectivity index (χ3n) is 4.63. The zero-order valence-electron chi connectivity index (χ0n) is 12.7. The lowest BCUT2D eigenvalue weighted by molar-refractivity contribution is -0.163. The molecule has 1 unspecified atom stereocenters. The van der Waals surface area contributed by atoms with E-state index in [2.05, 4.69) is 12.2 Å². The summed E-state index contributed by atoms with van der Waals surface area (Å²) in [6.45, 7) is 9.77. The molecule has 0 spiro atoms. The molecular formula is C15H26N2O2. The van der Waals surface area contributed by atoms with Gasteiger partial charge in [-0.3, -0.25) is 9.59 Å². The van der Waals surface area contributed by atoms with Crippen LogP contribution in [0.4, 0.5) is 0 Å². The van der Waals surface area contributed by atoms with E-state index in [0.29, 0.717) is 0 Å². The molecule has 2 fully saturated rings. The highest BCUT2D eigenvalue weighted by atomic mass is 16.2. The van der Waals surface area contributed by atoms with E-state index in [1.807, 2.05) is 18.7 Å². The number of piperazine rings is 1. The molecule has 0 radical (unpaired) electrons. The third kappa shape index (κ3) is 2.26. The minimum Gasteiger partial charge on any atom is -0.340 e. The number of amides is 2. The molecule has 2 aliphatic rings. The van der Waals surface area contributed by atoms with Crippen LogP contribution in [0.2, 0.25) is 0 Å². The Kier molecular flexibility index (Phi) is 3.40. The summed E-state index contributed by atoms with van der Waals surface area (Å²) < 4.78 is 0. The lowest BCUT2D eigenvalue weighted by Gasteiger charge is -2.51. The van der Waals surface area contributed by atoms with Gasteiger partial charge in [0.05, 0.1) is 0 Å². The van der Waals surface area contributed by atoms with Crippen molar-refractivity contribution in [2.45, 2.75) is 77.4 Å². The first-order valence-corrected chi connectivity index (χ1v) is 7.35. The Hall–Kier alpha value is -1.06. The predicted molar refractivity (Wildman–Crippen MR) is 74.6 cm³/mol. The highest BCUT2D eigenvalue weighted by Gasteiger charge is 2.53. The molecule has 4 heteroatoms. The Morgan fingerprint density at radius 3 is 2.16 bits per heavy atom. The van der Waals surface area contributed by atoms with E-state index in [9.17, 15) is 9.59 Å². The van der Waals surface area contributed by atoms with Crippen molar-refractivity contribution in [1.82, 2.24) is 10.2 Å². The van der Waals surface area contributed by atoms with Gasteiger partial charge in [0.25, 0.3) is 0 Å². The maximum Gasteiger partial charge on any atom is 0.248 e. The topological polar surface area (TPSA) is 49.4 Å². The first-order valence-electron chi connectivity index (χ1n) is 7.35. The largest absolute Gasteiger partial charge is 0.340 e. The van der Waals surface area contributed by atoms with Gasteiger partial charge in [-0.1, -0.05) is 26.7 Å². The van der Waals surface area contributed by atoms with Gasteiger partial charge in [0.1, 0.15) is 11.6 Å². The number of hydrogen-bond donors (Lipinski definition) is 1. The summed E-state index contributed by atoms with van der Waals surface area (Å²) in [7, 11) is 0. The molecular weight excluding hydrogens is 240 g/mol. The molecule has 1 heterocycles. The zero-order valence-corrected chi connectivity index (χ0v) is 12.7. The van der Waals surface area contributed by atoms with Crippen molar-refractivity contribution in [3.05, 3.63) is 0 Å². The molecule has 1 saturated heterocycles. The summed E-state index contributed by atoms with van der Waals surface area (Å²) in [5, 5.41) is 2.88. The van der Waals surface area contributed by atoms with Crippen LogP contribution in [0.25, 0.3) is 0 Å². The van der Waals surface area contributed by atoms with E-state index in [0.717, 1.165) is 25.7 Å². The highest BCUT2D eigenvalue weighted by molar-refractivity contribution is 5.99. The molecule has 1 saturated carbocycles. The fourth-order valence-corrected chi connectivity index (χ4v) is 3.54.